The minimum absolute atomic E-state index is 0.218. The molecule has 0 saturated carbocycles. The normalized spacial score (nSPS) is 15.3. The first-order valence-corrected chi connectivity index (χ1v) is 10.4. The lowest BCUT2D eigenvalue weighted by atomic mass is 9.96. The monoisotopic (exact) mass is 427 g/mol. The maximum atomic E-state index is 13.4. The third kappa shape index (κ3) is 5.26. The Bertz CT molecular complexity index is 980. The summed E-state index contributed by atoms with van der Waals surface area (Å²) >= 11 is 5.82. The van der Waals surface area contributed by atoms with Gasteiger partial charge in [-0.05, 0) is 50.0 Å². The first-order valence-electron chi connectivity index (χ1n) is 10.0. The molecule has 7 heteroatoms. The largest absolute Gasteiger partial charge is 0.447 e. The molecule has 2 aromatic carbocycles. The van der Waals surface area contributed by atoms with Gasteiger partial charge in [0.2, 0.25) is 5.89 Å². The van der Waals surface area contributed by atoms with Crippen LogP contribution in [0.1, 0.15) is 29.1 Å². The van der Waals surface area contributed by atoms with E-state index in [-0.39, 0.29) is 16.5 Å². The number of amides is 1. The summed E-state index contributed by atoms with van der Waals surface area (Å²) in [5, 5.41) is 3.11. The van der Waals surface area contributed by atoms with Gasteiger partial charge in [0.25, 0.3) is 5.91 Å². The van der Waals surface area contributed by atoms with Crippen molar-refractivity contribution in [1.29, 1.82) is 0 Å². The predicted octanol–water partition coefficient (Wildman–Crippen LogP) is 4.78. The third-order valence-electron chi connectivity index (χ3n) is 5.36. The first-order chi connectivity index (χ1) is 14.6. The second-order valence-corrected chi connectivity index (χ2v) is 8.02. The molecule has 0 bridgehead atoms. The molecule has 1 N–H and O–H groups in total. The Labute approximate surface area is 179 Å². The van der Waals surface area contributed by atoms with Crippen LogP contribution in [0.25, 0.3) is 11.3 Å². The number of carbonyl (C=O) groups is 1. The highest BCUT2D eigenvalue weighted by Gasteiger charge is 2.21. The van der Waals surface area contributed by atoms with E-state index in [2.05, 4.69) is 15.2 Å². The van der Waals surface area contributed by atoms with Crippen LogP contribution in [0, 0.1) is 11.7 Å². The van der Waals surface area contributed by atoms with Crippen molar-refractivity contribution in [2.45, 2.75) is 19.4 Å². The van der Waals surface area contributed by atoms with Crippen molar-refractivity contribution in [1.82, 2.24) is 15.2 Å². The Balaban J connectivity index is 1.23. The van der Waals surface area contributed by atoms with Gasteiger partial charge in [-0.1, -0.05) is 41.9 Å². The standard InChI is InChI=1S/C23H23ClFN3O2/c24-19-10-18(11-20(25)12-19)23(29)26-13-16-6-8-28(9-7-16)14-22-27-21(15-30-22)17-4-2-1-3-5-17/h1-5,10-12,15-16H,6-9,13-14H2,(H,26,29). The summed E-state index contributed by atoms with van der Waals surface area (Å²) in [6.07, 6.45) is 3.64. The number of nitrogens with zero attached hydrogens (tertiary/aromatic N) is 2. The molecule has 1 aliphatic heterocycles. The Kier molecular flexibility index (Phi) is 6.45. The molecule has 2 heterocycles. The molecule has 5 nitrogen and oxygen atoms in total. The van der Waals surface area contributed by atoms with Gasteiger partial charge >= 0.3 is 0 Å². The van der Waals surface area contributed by atoms with Crippen LogP contribution in [0.4, 0.5) is 4.39 Å². The molecule has 30 heavy (non-hydrogen) atoms. The van der Waals surface area contributed by atoms with E-state index in [1.54, 1.807) is 6.26 Å². The summed E-state index contributed by atoms with van der Waals surface area (Å²) in [5.41, 5.74) is 2.14. The van der Waals surface area contributed by atoms with E-state index in [9.17, 15) is 9.18 Å². The van der Waals surface area contributed by atoms with E-state index in [1.165, 1.54) is 18.2 Å². The van der Waals surface area contributed by atoms with Crippen molar-refractivity contribution in [2.24, 2.45) is 5.92 Å². The molecule has 1 saturated heterocycles. The van der Waals surface area contributed by atoms with E-state index in [0.29, 0.717) is 24.9 Å². The highest BCUT2D eigenvalue weighted by Crippen LogP contribution is 2.22. The van der Waals surface area contributed by atoms with Crippen molar-refractivity contribution in [3.05, 3.63) is 77.1 Å². The number of benzene rings is 2. The number of hydrogen-bond donors (Lipinski definition) is 1. The molecule has 0 spiro atoms. The van der Waals surface area contributed by atoms with Crippen LogP contribution in [0.3, 0.4) is 0 Å². The number of piperidine rings is 1. The van der Waals surface area contributed by atoms with E-state index < -0.39 is 5.82 Å². The first kappa shape index (κ1) is 20.6. The average molecular weight is 428 g/mol. The van der Waals surface area contributed by atoms with Gasteiger partial charge in [-0.15, -0.1) is 0 Å². The molecule has 0 atom stereocenters. The molecule has 0 radical (unpaired) electrons. The molecule has 1 fully saturated rings. The number of oxazole rings is 1. The zero-order valence-corrected chi connectivity index (χ0v) is 17.2. The lowest BCUT2D eigenvalue weighted by molar-refractivity contribution is 0.0933. The number of likely N-dealkylation sites (tertiary alicyclic amines) is 1. The van der Waals surface area contributed by atoms with Gasteiger partial charge in [0.1, 0.15) is 17.8 Å². The van der Waals surface area contributed by atoms with Gasteiger partial charge in [-0.2, -0.15) is 0 Å². The Hall–Kier alpha value is -2.70. The number of aromatic nitrogens is 1. The lowest BCUT2D eigenvalue weighted by Gasteiger charge is -2.31. The molecule has 3 aromatic rings. The molecular weight excluding hydrogens is 405 g/mol. The van der Waals surface area contributed by atoms with Crippen molar-refractivity contribution in [3.8, 4) is 11.3 Å². The van der Waals surface area contributed by atoms with Gasteiger partial charge in [0.15, 0.2) is 0 Å². The smallest absolute Gasteiger partial charge is 0.251 e. The van der Waals surface area contributed by atoms with E-state index in [4.69, 9.17) is 16.0 Å². The molecule has 156 valence electrons. The topological polar surface area (TPSA) is 58.4 Å². The summed E-state index contributed by atoms with van der Waals surface area (Å²) in [6.45, 7) is 3.07. The van der Waals surface area contributed by atoms with Crippen LogP contribution in [-0.4, -0.2) is 35.4 Å². The van der Waals surface area contributed by atoms with Crippen LogP contribution < -0.4 is 5.32 Å². The second kappa shape index (κ2) is 9.41. The maximum Gasteiger partial charge on any atom is 0.251 e. The van der Waals surface area contributed by atoms with Crippen LogP contribution >= 0.6 is 11.6 Å². The average Bonchev–Trinajstić information content (AvgIpc) is 3.21. The highest BCUT2D eigenvalue weighted by atomic mass is 35.5. The highest BCUT2D eigenvalue weighted by molar-refractivity contribution is 6.31. The Morgan fingerprint density at radius 1 is 1.20 bits per heavy atom. The summed E-state index contributed by atoms with van der Waals surface area (Å²) in [7, 11) is 0. The molecule has 1 aromatic heterocycles. The minimum atomic E-state index is -0.511. The quantitative estimate of drug-likeness (QED) is 0.615. The number of rotatable bonds is 6. The summed E-state index contributed by atoms with van der Waals surface area (Å²) in [5.74, 6) is 0.289. The van der Waals surface area contributed by atoms with Gasteiger partial charge in [0.05, 0.1) is 6.54 Å². The van der Waals surface area contributed by atoms with Crippen molar-refractivity contribution in [2.75, 3.05) is 19.6 Å². The number of hydrogen-bond acceptors (Lipinski definition) is 4. The third-order valence-corrected chi connectivity index (χ3v) is 5.58. The summed E-state index contributed by atoms with van der Waals surface area (Å²) < 4.78 is 19.1. The Morgan fingerprint density at radius 2 is 1.97 bits per heavy atom. The summed E-state index contributed by atoms with van der Waals surface area (Å²) in [4.78, 5) is 19.2. The zero-order chi connectivity index (χ0) is 20.9. The fourth-order valence-corrected chi connectivity index (χ4v) is 3.91. The van der Waals surface area contributed by atoms with E-state index >= 15 is 0 Å². The van der Waals surface area contributed by atoms with Gasteiger partial charge in [-0.3, -0.25) is 9.69 Å². The van der Waals surface area contributed by atoms with Crippen LogP contribution in [-0.2, 0) is 6.54 Å². The van der Waals surface area contributed by atoms with Crippen molar-refractivity contribution in [3.63, 3.8) is 0 Å². The van der Waals surface area contributed by atoms with Crippen LogP contribution in [0.2, 0.25) is 5.02 Å². The molecule has 1 aliphatic rings. The predicted molar refractivity (Wildman–Crippen MR) is 114 cm³/mol. The molecule has 0 unspecified atom stereocenters. The summed E-state index contributed by atoms with van der Waals surface area (Å²) in [6, 6.07) is 13.8. The fourth-order valence-electron chi connectivity index (χ4n) is 3.69. The van der Waals surface area contributed by atoms with Gasteiger partial charge in [0, 0.05) is 22.7 Å². The van der Waals surface area contributed by atoms with E-state index in [0.717, 1.165) is 37.2 Å². The van der Waals surface area contributed by atoms with Crippen molar-refractivity contribution >= 4 is 17.5 Å². The molecule has 0 aliphatic carbocycles. The molecular formula is C23H23ClFN3O2. The SMILES string of the molecule is O=C(NCC1CCN(Cc2nc(-c3ccccc3)co2)CC1)c1cc(F)cc(Cl)c1. The molecule has 4 rings (SSSR count). The maximum absolute atomic E-state index is 13.4. The fraction of sp³-hybridized carbons (Fsp3) is 0.304. The van der Waals surface area contributed by atoms with Gasteiger partial charge < -0.3 is 9.73 Å². The van der Waals surface area contributed by atoms with Gasteiger partial charge in [-0.25, -0.2) is 9.37 Å². The zero-order valence-electron chi connectivity index (χ0n) is 16.5. The lowest BCUT2D eigenvalue weighted by Crippen LogP contribution is -2.38. The van der Waals surface area contributed by atoms with Crippen LogP contribution in [0.5, 0.6) is 0 Å². The number of carbonyl (C=O) groups excluding carboxylic acids is 1. The number of nitrogens with one attached hydrogen (secondary N) is 1. The number of halogens is 2. The molecule has 1 amide bonds. The van der Waals surface area contributed by atoms with Crippen LogP contribution in [0.15, 0.2) is 59.2 Å². The minimum Gasteiger partial charge on any atom is -0.447 e. The Morgan fingerprint density at radius 3 is 2.70 bits per heavy atom. The van der Waals surface area contributed by atoms with Crippen molar-refractivity contribution < 1.29 is 13.6 Å². The van der Waals surface area contributed by atoms with E-state index in [1.807, 2.05) is 30.3 Å². The second-order valence-electron chi connectivity index (χ2n) is 7.58.